The van der Waals surface area contributed by atoms with E-state index < -0.39 is 0 Å². The highest BCUT2D eigenvalue weighted by Gasteiger charge is 2.30. The standard InChI is InChI=1S/C11H20N2OS/c1-7(2)6-10(14)13-9-5-3-4-8(9)11(12)15/h7-9H,3-6H2,1-2H3,(H2,12,15)(H,13,14). The Hall–Kier alpha value is -0.640. The quantitative estimate of drug-likeness (QED) is 0.719. The van der Waals surface area contributed by atoms with Crippen molar-refractivity contribution in [3.63, 3.8) is 0 Å². The molecule has 0 aromatic rings. The first kappa shape index (κ1) is 12.4. The van der Waals surface area contributed by atoms with Gasteiger partial charge >= 0.3 is 0 Å². The number of thiocarbonyl (C=S) groups is 1. The van der Waals surface area contributed by atoms with E-state index in [1.807, 2.05) is 13.8 Å². The molecule has 0 spiro atoms. The molecule has 0 saturated heterocycles. The van der Waals surface area contributed by atoms with E-state index in [4.69, 9.17) is 18.0 Å². The fourth-order valence-corrected chi connectivity index (χ4v) is 2.39. The van der Waals surface area contributed by atoms with Gasteiger partial charge in [0.2, 0.25) is 5.91 Å². The van der Waals surface area contributed by atoms with Crippen LogP contribution in [0.25, 0.3) is 0 Å². The van der Waals surface area contributed by atoms with E-state index in [0.29, 0.717) is 17.3 Å². The van der Waals surface area contributed by atoms with Gasteiger partial charge in [0, 0.05) is 18.4 Å². The molecule has 1 saturated carbocycles. The highest BCUT2D eigenvalue weighted by Crippen LogP contribution is 2.26. The average Bonchev–Trinajstić information content (AvgIpc) is 2.50. The maximum atomic E-state index is 11.6. The molecule has 1 aliphatic carbocycles. The lowest BCUT2D eigenvalue weighted by Gasteiger charge is -2.20. The maximum Gasteiger partial charge on any atom is 0.220 e. The Kier molecular flexibility index (Phi) is 4.51. The normalized spacial score (nSPS) is 25.5. The minimum absolute atomic E-state index is 0.123. The summed E-state index contributed by atoms with van der Waals surface area (Å²) in [7, 11) is 0. The minimum Gasteiger partial charge on any atom is -0.393 e. The van der Waals surface area contributed by atoms with Crippen molar-refractivity contribution < 1.29 is 4.79 Å². The Morgan fingerprint density at radius 1 is 1.53 bits per heavy atom. The minimum atomic E-state index is 0.123. The van der Waals surface area contributed by atoms with Crippen molar-refractivity contribution in [2.75, 3.05) is 0 Å². The number of hydrogen-bond donors (Lipinski definition) is 2. The second-order valence-corrected chi connectivity index (χ2v) is 5.18. The molecule has 1 amide bonds. The summed E-state index contributed by atoms with van der Waals surface area (Å²) in [6.45, 7) is 4.08. The van der Waals surface area contributed by atoms with Crippen molar-refractivity contribution in [1.29, 1.82) is 0 Å². The molecule has 0 bridgehead atoms. The van der Waals surface area contributed by atoms with E-state index in [0.717, 1.165) is 19.3 Å². The predicted molar refractivity (Wildman–Crippen MR) is 65.5 cm³/mol. The van der Waals surface area contributed by atoms with Crippen LogP contribution in [0.15, 0.2) is 0 Å². The van der Waals surface area contributed by atoms with Gasteiger partial charge < -0.3 is 11.1 Å². The van der Waals surface area contributed by atoms with Gasteiger partial charge in [0.25, 0.3) is 0 Å². The summed E-state index contributed by atoms with van der Waals surface area (Å²) in [5, 5.41) is 3.04. The van der Waals surface area contributed by atoms with Gasteiger partial charge in [0.1, 0.15) is 0 Å². The SMILES string of the molecule is CC(C)CC(=O)NC1CCCC1C(N)=S. The highest BCUT2D eigenvalue weighted by molar-refractivity contribution is 7.80. The van der Waals surface area contributed by atoms with Crippen LogP contribution in [-0.2, 0) is 4.79 Å². The Balaban J connectivity index is 2.43. The number of hydrogen-bond acceptors (Lipinski definition) is 2. The maximum absolute atomic E-state index is 11.6. The van der Waals surface area contributed by atoms with Crippen LogP contribution in [0.2, 0.25) is 0 Å². The predicted octanol–water partition coefficient (Wildman–Crippen LogP) is 1.60. The molecule has 3 nitrogen and oxygen atoms in total. The van der Waals surface area contributed by atoms with Crippen LogP contribution in [0.4, 0.5) is 0 Å². The van der Waals surface area contributed by atoms with E-state index in [9.17, 15) is 4.79 Å². The first-order valence-electron chi connectivity index (χ1n) is 5.59. The van der Waals surface area contributed by atoms with Gasteiger partial charge in [-0.25, -0.2) is 0 Å². The van der Waals surface area contributed by atoms with Crippen LogP contribution < -0.4 is 11.1 Å². The van der Waals surface area contributed by atoms with Gasteiger partial charge in [0.15, 0.2) is 0 Å². The molecular formula is C11H20N2OS. The van der Waals surface area contributed by atoms with E-state index in [2.05, 4.69) is 5.32 Å². The molecule has 3 N–H and O–H groups in total. The Labute approximate surface area is 96.8 Å². The molecule has 0 radical (unpaired) electrons. The number of amides is 1. The third kappa shape index (κ3) is 3.78. The number of carbonyl (C=O) groups excluding carboxylic acids is 1. The summed E-state index contributed by atoms with van der Waals surface area (Å²) >= 11 is 5.00. The summed E-state index contributed by atoms with van der Waals surface area (Å²) in [6, 6.07) is 0.175. The first-order chi connectivity index (χ1) is 7.00. The summed E-state index contributed by atoms with van der Waals surface area (Å²) < 4.78 is 0. The van der Waals surface area contributed by atoms with Crippen molar-refractivity contribution in [3.8, 4) is 0 Å². The molecule has 4 heteroatoms. The van der Waals surface area contributed by atoms with Crippen molar-refractivity contribution >= 4 is 23.1 Å². The summed E-state index contributed by atoms with van der Waals surface area (Å²) in [5.41, 5.74) is 5.65. The van der Waals surface area contributed by atoms with Crippen molar-refractivity contribution in [3.05, 3.63) is 0 Å². The zero-order chi connectivity index (χ0) is 11.4. The van der Waals surface area contributed by atoms with Gasteiger partial charge in [-0.05, 0) is 18.8 Å². The third-order valence-electron chi connectivity index (χ3n) is 2.82. The van der Waals surface area contributed by atoms with Crippen LogP contribution in [0.3, 0.4) is 0 Å². The average molecular weight is 228 g/mol. The lowest BCUT2D eigenvalue weighted by molar-refractivity contribution is -0.122. The fourth-order valence-electron chi connectivity index (χ4n) is 2.11. The molecule has 15 heavy (non-hydrogen) atoms. The molecule has 1 rings (SSSR count). The molecule has 0 aromatic carbocycles. The zero-order valence-electron chi connectivity index (χ0n) is 9.45. The van der Waals surface area contributed by atoms with Crippen molar-refractivity contribution in [2.45, 2.75) is 45.6 Å². The van der Waals surface area contributed by atoms with Gasteiger partial charge in [-0.15, -0.1) is 0 Å². The van der Waals surface area contributed by atoms with E-state index in [1.165, 1.54) is 0 Å². The fraction of sp³-hybridized carbons (Fsp3) is 0.818. The Morgan fingerprint density at radius 3 is 2.73 bits per heavy atom. The van der Waals surface area contributed by atoms with E-state index in [-0.39, 0.29) is 17.9 Å². The summed E-state index contributed by atoms with van der Waals surface area (Å²) in [4.78, 5) is 12.1. The molecule has 0 aromatic heterocycles. The van der Waals surface area contributed by atoms with Crippen molar-refractivity contribution in [2.24, 2.45) is 17.6 Å². The first-order valence-corrected chi connectivity index (χ1v) is 6.00. The summed E-state index contributed by atoms with van der Waals surface area (Å²) in [5.74, 6) is 0.726. The molecule has 0 aliphatic heterocycles. The van der Waals surface area contributed by atoms with Crippen LogP contribution >= 0.6 is 12.2 Å². The molecule has 86 valence electrons. The summed E-state index contributed by atoms with van der Waals surface area (Å²) in [6.07, 6.45) is 3.71. The van der Waals surface area contributed by atoms with E-state index >= 15 is 0 Å². The Morgan fingerprint density at radius 2 is 2.20 bits per heavy atom. The second kappa shape index (κ2) is 5.45. The van der Waals surface area contributed by atoms with Gasteiger partial charge in [-0.2, -0.15) is 0 Å². The molecule has 2 atom stereocenters. The van der Waals surface area contributed by atoms with Crippen LogP contribution in [-0.4, -0.2) is 16.9 Å². The lowest BCUT2D eigenvalue weighted by atomic mass is 10.0. The van der Waals surface area contributed by atoms with E-state index in [1.54, 1.807) is 0 Å². The molecular weight excluding hydrogens is 208 g/mol. The van der Waals surface area contributed by atoms with Crippen LogP contribution in [0.1, 0.15) is 39.5 Å². The zero-order valence-corrected chi connectivity index (χ0v) is 10.3. The van der Waals surface area contributed by atoms with Gasteiger partial charge in [-0.1, -0.05) is 32.5 Å². The largest absolute Gasteiger partial charge is 0.393 e. The molecule has 1 aliphatic rings. The van der Waals surface area contributed by atoms with Crippen molar-refractivity contribution in [1.82, 2.24) is 5.32 Å². The van der Waals surface area contributed by atoms with Gasteiger partial charge in [0.05, 0.1) is 4.99 Å². The number of rotatable bonds is 4. The lowest BCUT2D eigenvalue weighted by Crippen LogP contribution is -2.42. The number of carbonyl (C=O) groups is 1. The highest BCUT2D eigenvalue weighted by atomic mass is 32.1. The second-order valence-electron chi connectivity index (χ2n) is 4.71. The topological polar surface area (TPSA) is 55.1 Å². The molecule has 1 fully saturated rings. The Bertz CT molecular complexity index is 253. The molecule has 0 heterocycles. The van der Waals surface area contributed by atoms with Gasteiger partial charge in [-0.3, -0.25) is 4.79 Å². The van der Waals surface area contributed by atoms with Crippen LogP contribution in [0.5, 0.6) is 0 Å². The number of nitrogens with two attached hydrogens (primary N) is 1. The number of nitrogens with one attached hydrogen (secondary N) is 1. The molecule has 2 unspecified atom stereocenters. The third-order valence-corrected chi connectivity index (χ3v) is 3.12. The smallest absolute Gasteiger partial charge is 0.220 e. The van der Waals surface area contributed by atoms with Crippen LogP contribution in [0, 0.1) is 11.8 Å². The monoisotopic (exact) mass is 228 g/mol.